The molecule has 3 rings (SSSR count). The number of anilines is 1. The van der Waals surface area contributed by atoms with Gasteiger partial charge in [-0.1, -0.05) is 30.3 Å². The first-order chi connectivity index (χ1) is 12.3. The number of carbonyl (C=O) groups is 2. The van der Waals surface area contributed by atoms with Crippen LogP contribution in [-0.4, -0.2) is 31.1 Å². The van der Waals surface area contributed by atoms with E-state index in [4.69, 9.17) is 10.2 Å². The molecule has 1 amide bonds. The van der Waals surface area contributed by atoms with Crippen LogP contribution in [0.4, 0.5) is 5.69 Å². The van der Waals surface area contributed by atoms with E-state index in [1.807, 2.05) is 0 Å². The van der Waals surface area contributed by atoms with Gasteiger partial charge < -0.3 is 5.11 Å². The normalized spacial score (nSPS) is 17.3. The summed E-state index contributed by atoms with van der Waals surface area (Å²) in [4.78, 5) is 23.8. The van der Waals surface area contributed by atoms with Gasteiger partial charge in [0.2, 0.25) is 10.0 Å². The third-order valence-electron chi connectivity index (χ3n) is 3.90. The predicted octanol–water partition coefficient (Wildman–Crippen LogP) is 1.18. The second-order valence-electron chi connectivity index (χ2n) is 5.69. The number of sulfonamides is 1. The predicted molar refractivity (Wildman–Crippen MR) is 94.0 cm³/mol. The molecule has 134 valence electrons. The second kappa shape index (κ2) is 6.70. The molecular formula is C17H15N3O5S. The van der Waals surface area contributed by atoms with E-state index in [0.29, 0.717) is 17.0 Å². The number of hydrazone groups is 1. The number of benzene rings is 2. The highest BCUT2D eigenvalue weighted by Crippen LogP contribution is 2.29. The minimum atomic E-state index is -3.85. The van der Waals surface area contributed by atoms with Crippen LogP contribution >= 0.6 is 0 Å². The molecule has 0 aliphatic carbocycles. The smallest absolute Gasteiger partial charge is 0.304 e. The van der Waals surface area contributed by atoms with Crippen LogP contribution in [0.5, 0.6) is 0 Å². The lowest BCUT2D eigenvalue weighted by Gasteiger charge is -2.13. The van der Waals surface area contributed by atoms with E-state index in [-0.39, 0.29) is 4.90 Å². The van der Waals surface area contributed by atoms with Crippen LogP contribution in [0, 0.1) is 5.92 Å². The maximum atomic E-state index is 12.7. The fraction of sp³-hybridized carbons (Fsp3) is 0.118. The molecule has 1 aliphatic heterocycles. The van der Waals surface area contributed by atoms with E-state index in [9.17, 15) is 18.0 Å². The standard InChI is InChI=1S/C17H15N3O5S/c18-26(24,25)13-8-6-12(7-9-13)20-17(23)14(10-15(21)22)16(19-20)11-4-2-1-3-5-11/h1-9,14H,10H2,(H,21,22)(H2,18,24,25). The van der Waals surface area contributed by atoms with E-state index < -0.39 is 34.2 Å². The summed E-state index contributed by atoms with van der Waals surface area (Å²) in [6.07, 6.45) is -0.391. The SMILES string of the molecule is NS(=O)(=O)c1ccc(N2N=C(c3ccccc3)C(CC(=O)O)C2=O)cc1. The summed E-state index contributed by atoms with van der Waals surface area (Å²) in [5.41, 5.74) is 1.33. The van der Waals surface area contributed by atoms with Crippen molar-refractivity contribution in [1.29, 1.82) is 0 Å². The van der Waals surface area contributed by atoms with Gasteiger partial charge in [0.25, 0.3) is 5.91 Å². The molecule has 2 aromatic rings. The van der Waals surface area contributed by atoms with Crippen LogP contribution in [0.25, 0.3) is 0 Å². The topological polar surface area (TPSA) is 130 Å². The number of carbonyl (C=O) groups excluding carboxylic acids is 1. The van der Waals surface area contributed by atoms with E-state index in [1.165, 1.54) is 24.3 Å². The quantitative estimate of drug-likeness (QED) is 0.812. The van der Waals surface area contributed by atoms with Gasteiger partial charge in [0.15, 0.2) is 0 Å². The molecule has 0 saturated carbocycles. The minimum absolute atomic E-state index is 0.0951. The molecule has 9 heteroatoms. The Morgan fingerprint density at radius 3 is 2.27 bits per heavy atom. The van der Waals surface area contributed by atoms with Gasteiger partial charge in [0.1, 0.15) is 0 Å². The molecule has 0 saturated heterocycles. The Labute approximate surface area is 149 Å². The molecule has 1 heterocycles. The Bertz CT molecular complexity index is 985. The van der Waals surface area contributed by atoms with Crippen molar-refractivity contribution < 1.29 is 23.1 Å². The Hall–Kier alpha value is -3.04. The summed E-state index contributed by atoms with van der Waals surface area (Å²) < 4.78 is 22.7. The Morgan fingerprint density at radius 1 is 1.12 bits per heavy atom. The molecule has 26 heavy (non-hydrogen) atoms. The minimum Gasteiger partial charge on any atom is -0.481 e. The van der Waals surface area contributed by atoms with Crippen LogP contribution in [0.2, 0.25) is 0 Å². The van der Waals surface area contributed by atoms with Crippen molar-refractivity contribution in [3.8, 4) is 0 Å². The lowest BCUT2D eigenvalue weighted by molar-refractivity contribution is -0.139. The molecule has 0 fully saturated rings. The lowest BCUT2D eigenvalue weighted by atomic mass is 9.94. The van der Waals surface area contributed by atoms with Crippen LogP contribution in [0.3, 0.4) is 0 Å². The molecule has 8 nitrogen and oxygen atoms in total. The van der Waals surface area contributed by atoms with Crippen molar-refractivity contribution in [2.75, 3.05) is 5.01 Å². The molecule has 0 spiro atoms. The average molecular weight is 373 g/mol. The number of hydrogen-bond acceptors (Lipinski definition) is 5. The van der Waals surface area contributed by atoms with E-state index in [0.717, 1.165) is 5.01 Å². The zero-order valence-electron chi connectivity index (χ0n) is 13.4. The van der Waals surface area contributed by atoms with Gasteiger partial charge in [0, 0.05) is 0 Å². The van der Waals surface area contributed by atoms with E-state index >= 15 is 0 Å². The number of nitrogens with two attached hydrogens (primary N) is 1. The summed E-state index contributed by atoms with van der Waals surface area (Å²) >= 11 is 0. The molecule has 3 N–H and O–H groups in total. The van der Waals surface area contributed by atoms with Crippen molar-refractivity contribution in [1.82, 2.24) is 0 Å². The summed E-state index contributed by atoms with van der Waals surface area (Å²) in [5.74, 6) is -2.53. The van der Waals surface area contributed by atoms with E-state index in [1.54, 1.807) is 30.3 Å². The number of carboxylic acids is 1. The Kier molecular flexibility index (Phi) is 4.58. The number of rotatable bonds is 5. The number of amides is 1. The van der Waals surface area contributed by atoms with Gasteiger partial charge in [-0.2, -0.15) is 10.1 Å². The third kappa shape index (κ3) is 3.48. The van der Waals surface area contributed by atoms with Crippen LogP contribution in [0.1, 0.15) is 12.0 Å². The van der Waals surface area contributed by atoms with Gasteiger partial charge in [-0.15, -0.1) is 0 Å². The van der Waals surface area contributed by atoms with Crippen LogP contribution in [-0.2, 0) is 19.6 Å². The molecule has 0 radical (unpaired) electrons. The van der Waals surface area contributed by atoms with Crippen molar-refractivity contribution in [2.45, 2.75) is 11.3 Å². The lowest BCUT2D eigenvalue weighted by Crippen LogP contribution is -2.29. The molecule has 0 aromatic heterocycles. The van der Waals surface area contributed by atoms with E-state index in [2.05, 4.69) is 5.10 Å². The largest absolute Gasteiger partial charge is 0.481 e. The fourth-order valence-electron chi connectivity index (χ4n) is 2.68. The molecule has 1 unspecified atom stereocenters. The monoisotopic (exact) mass is 373 g/mol. The first-order valence-corrected chi connectivity index (χ1v) is 9.14. The fourth-order valence-corrected chi connectivity index (χ4v) is 3.20. The number of aliphatic carboxylic acids is 1. The summed E-state index contributed by atoms with van der Waals surface area (Å²) in [7, 11) is -3.85. The average Bonchev–Trinajstić information content (AvgIpc) is 2.91. The number of primary sulfonamides is 1. The first-order valence-electron chi connectivity index (χ1n) is 7.60. The van der Waals surface area contributed by atoms with Gasteiger partial charge in [-0.05, 0) is 29.8 Å². The van der Waals surface area contributed by atoms with Crippen LogP contribution in [0.15, 0.2) is 64.6 Å². The van der Waals surface area contributed by atoms with Gasteiger partial charge >= 0.3 is 5.97 Å². The highest BCUT2D eigenvalue weighted by molar-refractivity contribution is 7.89. The van der Waals surface area contributed by atoms with Gasteiger partial charge in [0.05, 0.1) is 28.6 Å². The highest BCUT2D eigenvalue weighted by Gasteiger charge is 2.38. The second-order valence-corrected chi connectivity index (χ2v) is 7.25. The number of hydrogen-bond donors (Lipinski definition) is 2. The summed E-state index contributed by atoms with van der Waals surface area (Å²) in [5, 5.41) is 19.6. The Morgan fingerprint density at radius 2 is 1.73 bits per heavy atom. The Balaban J connectivity index is 2.01. The zero-order valence-corrected chi connectivity index (χ0v) is 14.3. The third-order valence-corrected chi connectivity index (χ3v) is 4.83. The van der Waals surface area contributed by atoms with Gasteiger partial charge in [-0.25, -0.2) is 13.6 Å². The molecular weight excluding hydrogens is 358 g/mol. The van der Waals surface area contributed by atoms with Crippen LogP contribution < -0.4 is 10.1 Å². The maximum absolute atomic E-state index is 12.7. The molecule has 1 aliphatic rings. The summed E-state index contributed by atoms with van der Waals surface area (Å²) in [6.45, 7) is 0. The molecule has 0 bridgehead atoms. The number of nitrogens with zero attached hydrogens (tertiary/aromatic N) is 2. The molecule has 2 aromatic carbocycles. The van der Waals surface area contributed by atoms with Crippen molar-refractivity contribution in [3.05, 3.63) is 60.2 Å². The first kappa shape index (κ1) is 17.8. The van der Waals surface area contributed by atoms with Gasteiger partial charge in [-0.3, -0.25) is 9.59 Å². The van der Waals surface area contributed by atoms with Crippen molar-refractivity contribution in [3.63, 3.8) is 0 Å². The maximum Gasteiger partial charge on any atom is 0.304 e. The van der Waals surface area contributed by atoms with Crippen molar-refractivity contribution in [2.24, 2.45) is 16.2 Å². The molecule has 1 atom stereocenters. The number of carboxylic acid groups (broad SMARTS) is 1. The van der Waals surface area contributed by atoms with Crippen molar-refractivity contribution >= 4 is 33.3 Å². The zero-order chi connectivity index (χ0) is 18.9. The summed E-state index contributed by atoms with van der Waals surface area (Å²) in [6, 6.07) is 14.1. The highest BCUT2D eigenvalue weighted by atomic mass is 32.2.